The van der Waals surface area contributed by atoms with Crippen LogP contribution in [0.3, 0.4) is 0 Å². The van der Waals surface area contributed by atoms with Gasteiger partial charge in [0.15, 0.2) is 5.69 Å². The third-order valence-corrected chi connectivity index (χ3v) is 6.74. The number of furan rings is 1. The van der Waals surface area contributed by atoms with Gasteiger partial charge in [0.2, 0.25) is 5.52 Å². The lowest BCUT2D eigenvalue weighted by Gasteiger charge is -2.14. The molecular formula is C26H19N2O+. The van der Waals surface area contributed by atoms with Gasteiger partial charge in [-0.1, -0.05) is 30.3 Å². The Morgan fingerprint density at radius 2 is 1.69 bits per heavy atom. The van der Waals surface area contributed by atoms with Crippen molar-refractivity contribution in [3.8, 4) is 0 Å². The van der Waals surface area contributed by atoms with Crippen LogP contribution in [0.1, 0.15) is 11.3 Å². The predicted molar refractivity (Wildman–Crippen MR) is 119 cm³/mol. The number of nitrogens with zero attached hydrogens (tertiary/aromatic N) is 2. The molecule has 0 saturated heterocycles. The molecule has 0 amide bonds. The van der Waals surface area contributed by atoms with Crippen LogP contribution in [0.5, 0.6) is 0 Å². The van der Waals surface area contributed by atoms with Crippen LogP contribution in [0.15, 0.2) is 65.3 Å². The van der Waals surface area contributed by atoms with E-state index in [9.17, 15) is 0 Å². The Bertz CT molecular complexity index is 1780. The molecule has 0 aliphatic heterocycles. The van der Waals surface area contributed by atoms with E-state index >= 15 is 0 Å². The SMILES string of the molecule is Cc1ccc2cc3occc3c3c2c1c1c2c(cc(C)[n+]1C)c1ccccc1n32. The molecule has 3 heteroatoms. The monoisotopic (exact) mass is 375 g/mol. The third kappa shape index (κ3) is 1.64. The van der Waals surface area contributed by atoms with Crippen LogP contribution < -0.4 is 4.57 Å². The van der Waals surface area contributed by atoms with Crippen LogP contribution in [0.2, 0.25) is 0 Å². The molecule has 29 heavy (non-hydrogen) atoms. The molecule has 0 N–H and O–H groups in total. The van der Waals surface area contributed by atoms with Crippen molar-refractivity contribution in [3.63, 3.8) is 0 Å². The second-order valence-corrected chi connectivity index (χ2v) is 8.22. The predicted octanol–water partition coefficient (Wildman–Crippen LogP) is 6.18. The summed E-state index contributed by atoms with van der Waals surface area (Å²) in [5.41, 5.74) is 8.59. The van der Waals surface area contributed by atoms with Crippen molar-refractivity contribution in [2.24, 2.45) is 7.05 Å². The summed E-state index contributed by atoms with van der Waals surface area (Å²) in [7, 11) is 2.19. The fourth-order valence-corrected chi connectivity index (χ4v) is 5.34. The lowest BCUT2D eigenvalue weighted by atomic mass is 9.96. The van der Waals surface area contributed by atoms with Crippen molar-refractivity contribution in [2.45, 2.75) is 13.8 Å². The van der Waals surface area contributed by atoms with E-state index in [1.54, 1.807) is 6.26 Å². The Morgan fingerprint density at radius 3 is 2.59 bits per heavy atom. The smallest absolute Gasteiger partial charge is 0.238 e. The fourth-order valence-electron chi connectivity index (χ4n) is 5.34. The molecule has 0 radical (unpaired) electrons. The molecule has 138 valence electrons. The van der Waals surface area contributed by atoms with Crippen molar-refractivity contribution >= 4 is 60.0 Å². The zero-order chi connectivity index (χ0) is 19.4. The van der Waals surface area contributed by atoms with Crippen molar-refractivity contribution in [3.05, 3.63) is 72.1 Å². The van der Waals surface area contributed by atoms with Crippen molar-refractivity contribution in [1.29, 1.82) is 0 Å². The first kappa shape index (κ1) is 15.3. The van der Waals surface area contributed by atoms with E-state index in [-0.39, 0.29) is 0 Å². The summed E-state index contributed by atoms with van der Waals surface area (Å²) in [4.78, 5) is 0. The normalized spacial score (nSPS) is 12.7. The molecule has 4 aromatic heterocycles. The Morgan fingerprint density at radius 1 is 0.828 bits per heavy atom. The minimum Gasteiger partial charge on any atom is -0.464 e. The van der Waals surface area contributed by atoms with E-state index in [1.807, 2.05) is 0 Å². The lowest BCUT2D eigenvalue weighted by molar-refractivity contribution is -0.650. The number of hydrogen-bond donors (Lipinski definition) is 0. The number of aromatic nitrogens is 2. The summed E-state index contributed by atoms with van der Waals surface area (Å²) in [6.07, 6.45) is 1.81. The quantitative estimate of drug-likeness (QED) is 0.176. The van der Waals surface area contributed by atoms with Crippen LogP contribution in [0.25, 0.3) is 60.0 Å². The summed E-state index contributed by atoms with van der Waals surface area (Å²) in [5.74, 6) is 0. The first-order valence-electron chi connectivity index (χ1n) is 10.0. The molecule has 7 rings (SSSR count). The van der Waals surface area contributed by atoms with Gasteiger partial charge in [-0.3, -0.25) is 0 Å². The molecule has 0 bridgehead atoms. The maximum absolute atomic E-state index is 5.86. The van der Waals surface area contributed by atoms with Crippen molar-refractivity contribution < 1.29 is 8.98 Å². The van der Waals surface area contributed by atoms with Crippen LogP contribution >= 0.6 is 0 Å². The Balaban J connectivity index is 2.06. The largest absolute Gasteiger partial charge is 0.464 e. The van der Waals surface area contributed by atoms with E-state index in [2.05, 4.69) is 84.5 Å². The van der Waals surface area contributed by atoms with Crippen LogP contribution in [0, 0.1) is 13.8 Å². The highest BCUT2D eigenvalue weighted by atomic mass is 16.3. The molecule has 0 unspecified atom stereocenters. The molecule has 0 aliphatic rings. The van der Waals surface area contributed by atoms with Gasteiger partial charge in [0.1, 0.15) is 18.1 Å². The standard InChI is InChI=1S/C26H19N2O/c1-14-8-9-16-13-21-18(10-11-29-21)24-23(16)22(14)26-25-19(12-15(2)27(26)3)17-6-4-5-7-20(17)28(24)25/h4-13H,1-3H3/q+1. The molecule has 0 atom stereocenters. The summed E-state index contributed by atoms with van der Waals surface area (Å²) in [6, 6.07) is 19.8. The first-order valence-corrected chi connectivity index (χ1v) is 10.0. The fraction of sp³-hybridized carbons (Fsp3) is 0.115. The minimum atomic E-state index is 0.938. The average molecular weight is 375 g/mol. The van der Waals surface area contributed by atoms with Gasteiger partial charge < -0.3 is 8.82 Å². The van der Waals surface area contributed by atoms with E-state index < -0.39 is 0 Å². The van der Waals surface area contributed by atoms with Crippen LogP contribution in [-0.2, 0) is 7.05 Å². The number of fused-ring (bicyclic) bond motifs is 7. The lowest BCUT2D eigenvalue weighted by Crippen LogP contribution is -2.33. The van der Waals surface area contributed by atoms with Crippen molar-refractivity contribution in [2.75, 3.05) is 0 Å². The van der Waals surface area contributed by atoms with Gasteiger partial charge in [-0.15, -0.1) is 0 Å². The number of pyridine rings is 2. The second-order valence-electron chi connectivity index (χ2n) is 8.22. The molecule has 7 aromatic rings. The minimum absolute atomic E-state index is 0.938. The van der Waals surface area contributed by atoms with E-state index in [1.165, 1.54) is 65.6 Å². The van der Waals surface area contributed by atoms with Gasteiger partial charge >= 0.3 is 0 Å². The number of rotatable bonds is 0. The Hall–Kier alpha value is -3.59. The molecule has 0 aliphatic carbocycles. The van der Waals surface area contributed by atoms with E-state index in [0.717, 1.165) is 5.58 Å². The van der Waals surface area contributed by atoms with Crippen molar-refractivity contribution in [1.82, 2.24) is 4.40 Å². The molecule has 0 saturated carbocycles. The highest BCUT2D eigenvalue weighted by Gasteiger charge is 2.26. The molecular weight excluding hydrogens is 356 g/mol. The third-order valence-electron chi connectivity index (χ3n) is 6.74. The van der Waals surface area contributed by atoms with Crippen LogP contribution in [-0.4, -0.2) is 4.40 Å². The van der Waals surface area contributed by atoms with E-state index in [0.29, 0.717) is 0 Å². The molecule has 0 fully saturated rings. The highest BCUT2D eigenvalue weighted by molar-refractivity contribution is 6.29. The highest BCUT2D eigenvalue weighted by Crippen LogP contribution is 2.43. The molecule has 3 nitrogen and oxygen atoms in total. The van der Waals surface area contributed by atoms with Gasteiger partial charge in [0.25, 0.3) is 0 Å². The zero-order valence-corrected chi connectivity index (χ0v) is 16.6. The van der Waals surface area contributed by atoms with Crippen LogP contribution in [0.4, 0.5) is 0 Å². The number of aryl methyl sites for hydroxylation is 3. The van der Waals surface area contributed by atoms with Gasteiger partial charge in [-0.25, -0.2) is 0 Å². The maximum Gasteiger partial charge on any atom is 0.238 e. The summed E-state index contributed by atoms with van der Waals surface area (Å²) in [6.45, 7) is 4.43. The zero-order valence-electron chi connectivity index (χ0n) is 16.6. The summed E-state index contributed by atoms with van der Waals surface area (Å²) >= 11 is 0. The number of hydrogen-bond acceptors (Lipinski definition) is 1. The van der Waals surface area contributed by atoms with Gasteiger partial charge in [0, 0.05) is 34.5 Å². The Kier molecular flexibility index (Phi) is 2.58. The first-order chi connectivity index (χ1) is 14.1. The number of para-hydroxylation sites is 1. The molecule has 4 heterocycles. The number of benzene rings is 3. The Labute approximate surface area is 166 Å². The van der Waals surface area contributed by atoms with E-state index in [4.69, 9.17) is 4.42 Å². The average Bonchev–Trinajstić information content (AvgIpc) is 3.32. The molecule has 3 aromatic carbocycles. The maximum atomic E-state index is 5.86. The topological polar surface area (TPSA) is 21.4 Å². The molecule has 0 spiro atoms. The summed E-state index contributed by atoms with van der Waals surface area (Å²) < 4.78 is 10.7. The van der Waals surface area contributed by atoms with Gasteiger partial charge in [0.05, 0.1) is 22.7 Å². The summed E-state index contributed by atoms with van der Waals surface area (Å²) in [5, 5.41) is 7.66. The van der Waals surface area contributed by atoms with Gasteiger partial charge in [-0.05, 0) is 36.1 Å². The van der Waals surface area contributed by atoms with Gasteiger partial charge in [-0.2, -0.15) is 4.57 Å². The second kappa shape index (κ2) is 4.87.